The highest BCUT2D eigenvalue weighted by molar-refractivity contribution is 6.28. The Kier molecular flexibility index (Phi) is 5.09. The molecule has 0 aliphatic carbocycles. The van der Waals surface area contributed by atoms with E-state index in [2.05, 4.69) is 15.3 Å². The van der Waals surface area contributed by atoms with Gasteiger partial charge in [0.1, 0.15) is 5.60 Å². The van der Waals surface area contributed by atoms with E-state index in [4.69, 9.17) is 16.3 Å². The van der Waals surface area contributed by atoms with Crippen LogP contribution in [0.4, 0.5) is 4.79 Å². The first-order valence-corrected chi connectivity index (χ1v) is 7.81. The van der Waals surface area contributed by atoms with E-state index in [9.17, 15) is 9.59 Å². The molecule has 1 unspecified atom stereocenters. The van der Waals surface area contributed by atoms with Gasteiger partial charge in [-0.1, -0.05) is 0 Å². The van der Waals surface area contributed by atoms with Gasteiger partial charge < -0.3 is 15.0 Å². The molecule has 1 N–H and O–H groups in total. The van der Waals surface area contributed by atoms with Crippen LogP contribution in [-0.4, -0.2) is 51.6 Å². The highest BCUT2D eigenvalue weighted by Gasteiger charge is 2.30. The molecule has 126 valence electrons. The quantitative estimate of drug-likeness (QED) is 0.834. The Morgan fingerprint density at radius 2 is 2.13 bits per heavy atom. The molecule has 23 heavy (non-hydrogen) atoms. The Morgan fingerprint density at radius 1 is 1.43 bits per heavy atom. The summed E-state index contributed by atoms with van der Waals surface area (Å²) in [7, 11) is 0. The summed E-state index contributed by atoms with van der Waals surface area (Å²) >= 11 is 5.69. The molecule has 2 rings (SSSR count). The molecule has 0 bridgehead atoms. The summed E-state index contributed by atoms with van der Waals surface area (Å²) < 4.78 is 5.33. The lowest BCUT2D eigenvalue weighted by Crippen LogP contribution is -2.40. The van der Waals surface area contributed by atoms with Gasteiger partial charge in [-0.15, -0.1) is 0 Å². The lowest BCUT2D eigenvalue weighted by Gasteiger charge is -2.24. The smallest absolute Gasteiger partial charge is 0.410 e. The minimum atomic E-state index is -0.532. The summed E-state index contributed by atoms with van der Waals surface area (Å²) in [5.41, 5.74) is 0.366. The Hall–Kier alpha value is -1.89. The van der Waals surface area contributed by atoms with Gasteiger partial charge in [0, 0.05) is 25.3 Å². The molecule has 2 heterocycles. The van der Waals surface area contributed by atoms with E-state index in [0.29, 0.717) is 30.8 Å². The fourth-order valence-corrected chi connectivity index (χ4v) is 2.47. The molecule has 0 radical (unpaired) electrons. The van der Waals surface area contributed by atoms with Crippen molar-refractivity contribution in [1.82, 2.24) is 20.2 Å². The number of aryl methyl sites for hydroxylation is 1. The molecule has 1 fully saturated rings. The van der Waals surface area contributed by atoms with Gasteiger partial charge in [-0.25, -0.2) is 14.8 Å². The number of likely N-dealkylation sites (tertiary alicyclic amines) is 1. The zero-order chi connectivity index (χ0) is 17.2. The van der Waals surface area contributed by atoms with E-state index < -0.39 is 5.60 Å². The van der Waals surface area contributed by atoms with E-state index in [1.54, 1.807) is 11.8 Å². The number of carbonyl (C=O) groups excluding carboxylic acids is 2. The van der Waals surface area contributed by atoms with Crippen molar-refractivity contribution in [3.8, 4) is 0 Å². The third-order valence-electron chi connectivity index (χ3n) is 3.37. The van der Waals surface area contributed by atoms with Crippen LogP contribution >= 0.6 is 11.6 Å². The summed E-state index contributed by atoms with van der Waals surface area (Å²) in [5, 5.41) is 3.00. The number of hydrogen-bond acceptors (Lipinski definition) is 5. The molecule has 1 saturated heterocycles. The summed E-state index contributed by atoms with van der Waals surface area (Å²) in [6.07, 6.45) is 1.72. The van der Waals surface area contributed by atoms with Crippen molar-refractivity contribution < 1.29 is 14.3 Å². The molecule has 0 saturated carbocycles. The third kappa shape index (κ3) is 4.79. The number of rotatable bonds is 2. The van der Waals surface area contributed by atoms with Crippen molar-refractivity contribution >= 4 is 23.6 Å². The van der Waals surface area contributed by atoms with Crippen LogP contribution in [0, 0.1) is 6.92 Å². The SMILES string of the molecule is Cc1nc(Cl)ncc1C(=O)NC1CCN(C(=O)OC(C)(C)C)C1. The Bertz CT molecular complexity index is 615. The number of hydrogen-bond donors (Lipinski definition) is 1. The van der Waals surface area contributed by atoms with Gasteiger partial charge >= 0.3 is 6.09 Å². The maximum Gasteiger partial charge on any atom is 0.410 e. The maximum absolute atomic E-state index is 12.3. The summed E-state index contributed by atoms with van der Waals surface area (Å²) in [4.78, 5) is 33.7. The Labute approximate surface area is 140 Å². The first-order chi connectivity index (χ1) is 10.7. The van der Waals surface area contributed by atoms with Crippen molar-refractivity contribution in [2.45, 2.75) is 45.8 Å². The normalized spacial score (nSPS) is 18.0. The van der Waals surface area contributed by atoms with Gasteiger partial charge in [0.15, 0.2) is 0 Å². The highest BCUT2D eigenvalue weighted by atomic mass is 35.5. The van der Waals surface area contributed by atoms with E-state index in [1.165, 1.54) is 6.20 Å². The van der Waals surface area contributed by atoms with Gasteiger partial charge in [0.05, 0.1) is 11.3 Å². The van der Waals surface area contributed by atoms with Crippen molar-refractivity contribution in [2.75, 3.05) is 13.1 Å². The number of nitrogens with one attached hydrogen (secondary N) is 1. The van der Waals surface area contributed by atoms with Gasteiger partial charge in [0.2, 0.25) is 5.28 Å². The van der Waals surface area contributed by atoms with E-state index in [1.807, 2.05) is 20.8 Å². The predicted molar refractivity (Wildman–Crippen MR) is 85.5 cm³/mol. The molecule has 0 aromatic carbocycles. The molecule has 1 aliphatic rings. The molecule has 1 aromatic rings. The fourth-order valence-electron chi connectivity index (χ4n) is 2.30. The molecule has 1 atom stereocenters. The number of halogens is 1. The Balaban J connectivity index is 1.92. The second-order valence-electron chi connectivity index (χ2n) is 6.52. The lowest BCUT2D eigenvalue weighted by molar-refractivity contribution is 0.0290. The average molecular weight is 341 g/mol. The third-order valence-corrected chi connectivity index (χ3v) is 3.55. The van der Waals surface area contributed by atoms with Gasteiger partial charge in [0.25, 0.3) is 5.91 Å². The van der Waals surface area contributed by atoms with Crippen molar-refractivity contribution in [3.63, 3.8) is 0 Å². The molecular formula is C15H21ClN4O3. The van der Waals surface area contributed by atoms with Crippen molar-refractivity contribution in [3.05, 3.63) is 22.7 Å². The summed E-state index contributed by atoms with van der Waals surface area (Å²) in [6.45, 7) is 8.14. The van der Waals surface area contributed by atoms with Crippen LogP contribution in [0.5, 0.6) is 0 Å². The molecule has 2 amide bonds. The zero-order valence-electron chi connectivity index (χ0n) is 13.7. The Morgan fingerprint density at radius 3 is 2.74 bits per heavy atom. The lowest BCUT2D eigenvalue weighted by atomic mass is 10.2. The van der Waals surface area contributed by atoms with Gasteiger partial charge in [-0.2, -0.15) is 0 Å². The van der Waals surface area contributed by atoms with Crippen LogP contribution in [-0.2, 0) is 4.74 Å². The minimum Gasteiger partial charge on any atom is -0.444 e. The predicted octanol–water partition coefficient (Wildman–Crippen LogP) is 2.18. The largest absolute Gasteiger partial charge is 0.444 e. The number of aromatic nitrogens is 2. The summed E-state index contributed by atoms with van der Waals surface area (Å²) in [6, 6.07) is -0.120. The first-order valence-electron chi connectivity index (χ1n) is 7.43. The van der Waals surface area contributed by atoms with Crippen LogP contribution in [0.15, 0.2) is 6.20 Å². The molecular weight excluding hydrogens is 320 g/mol. The summed E-state index contributed by atoms with van der Waals surface area (Å²) in [5.74, 6) is -0.268. The van der Waals surface area contributed by atoms with Crippen LogP contribution < -0.4 is 5.32 Å². The van der Waals surface area contributed by atoms with E-state index in [0.717, 1.165) is 0 Å². The van der Waals surface area contributed by atoms with Crippen LogP contribution in [0.2, 0.25) is 5.28 Å². The molecule has 0 spiro atoms. The highest BCUT2D eigenvalue weighted by Crippen LogP contribution is 2.16. The number of amides is 2. The number of carbonyl (C=O) groups is 2. The minimum absolute atomic E-state index is 0.107. The van der Waals surface area contributed by atoms with Crippen LogP contribution in [0.3, 0.4) is 0 Å². The average Bonchev–Trinajstić information content (AvgIpc) is 2.85. The second kappa shape index (κ2) is 6.70. The standard InChI is InChI=1S/C15H21ClN4O3/c1-9-11(7-17-13(16)18-9)12(21)19-10-5-6-20(8-10)14(22)23-15(2,3)4/h7,10H,5-6,8H2,1-4H3,(H,19,21). The molecule has 1 aliphatic heterocycles. The van der Waals surface area contributed by atoms with Crippen LogP contribution in [0.25, 0.3) is 0 Å². The van der Waals surface area contributed by atoms with Crippen LogP contribution in [0.1, 0.15) is 43.2 Å². The maximum atomic E-state index is 12.3. The zero-order valence-corrected chi connectivity index (χ0v) is 14.5. The number of nitrogens with zero attached hydrogens (tertiary/aromatic N) is 3. The fraction of sp³-hybridized carbons (Fsp3) is 0.600. The molecule has 8 heteroatoms. The van der Waals surface area contributed by atoms with Crippen molar-refractivity contribution in [2.24, 2.45) is 0 Å². The van der Waals surface area contributed by atoms with Gasteiger partial charge in [-0.3, -0.25) is 4.79 Å². The van der Waals surface area contributed by atoms with E-state index in [-0.39, 0.29) is 23.3 Å². The first kappa shape index (κ1) is 17.5. The topological polar surface area (TPSA) is 84.4 Å². The second-order valence-corrected chi connectivity index (χ2v) is 6.86. The molecule has 7 nitrogen and oxygen atoms in total. The van der Waals surface area contributed by atoms with Crippen molar-refractivity contribution in [1.29, 1.82) is 0 Å². The van der Waals surface area contributed by atoms with E-state index >= 15 is 0 Å². The molecule has 1 aromatic heterocycles. The van der Waals surface area contributed by atoms with Gasteiger partial charge in [-0.05, 0) is 45.7 Å². The monoisotopic (exact) mass is 340 g/mol. The number of ether oxygens (including phenoxy) is 1.